The summed E-state index contributed by atoms with van der Waals surface area (Å²) in [6.07, 6.45) is 6.20. The number of benzene rings is 1. The number of anilines is 1. The first kappa shape index (κ1) is 19.0. The monoisotopic (exact) mass is 372 g/mol. The molecule has 0 atom stereocenters. The van der Waals surface area contributed by atoms with E-state index in [9.17, 15) is 4.79 Å². The van der Waals surface area contributed by atoms with E-state index >= 15 is 0 Å². The zero-order valence-electron chi connectivity index (χ0n) is 15.9. The molecule has 2 aromatic rings. The lowest BCUT2D eigenvalue weighted by Crippen LogP contribution is -2.18. The molecule has 1 saturated carbocycles. The van der Waals surface area contributed by atoms with Crippen molar-refractivity contribution in [3.63, 3.8) is 0 Å². The van der Waals surface area contributed by atoms with E-state index in [1.165, 1.54) is 43.9 Å². The molecule has 1 aromatic heterocycles. The summed E-state index contributed by atoms with van der Waals surface area (Å²) >= 11 is 1.48. The van der Waals surface area contributed by atoms with E-state index in [0.717, 1.165) is 22.2 Å². The van der Waals surface area contributed by atoms with Crippen molar-refractivity contribution < 1.29 is 4.79 Å². The Balaban J connectivity index is 1.64. The Labute approximate surface area is 160 Å². The summed E-state index contributed by atoms with van der Waals surface area (Å²) in [5.74, 6) is 1.66. The van der Waals surface area contributed by atoms with Gasteiger partial charge in [-0.1, -0.05) is 63.1 Å². The smallest absolute Gasteiger partial charge is 0.234 e. The molecule has 0 spiro atoms. The Kier molecular flexibility index (Phi) is 6.35. The van der Waals surface area contributed by atoms with E-state index in [2.05, 4.69) is 40.0 Å². The molecule has 1 N–H and O–H groups in total. The summed E-state index contributed by atoms with van der Waals surface area (Å²) in [4.78, 5) is 12.5. The van der Waals surface area contributed by atoms with Crippen LogP contribution >= 0.6 is 11.8 Å². The molecule has 6 heteroatoms. The molecule has 0 saturated heterocycles. The van der Waals surface area contributed by atoms with Crippen LogP contribution in [0.25, 0.3) is 0 Å². The SMILES string of the molecule is Cc1nnc(SCC(=O)Nc2ccccc2C(C)C)n1C1CCCCC1. The summed E-state index contributed by atoms with van der Waals surface area (Å²) in [5, 5.41) is 12.5. The Morgan fingerprint density at radius 2 is 1.96 bits per heavy atom. The van der Waals surface area contributed by atoms with Crippen molar-refractivity contribution in [2.75, 3.05) is 11.1 Å². The predicted molar refractivity (Wildman–Crippen MR) is 107 cm³/mol. The Bertz CT molecular complexity index is 750. The molecular formula is C20H28N4OS. The van der Waals surface area contributed by atoms with Gasteiger partial charge in [-0.05, 0) is 37.3 Å². The van der Waals surface area contributed by atoms with Crippen LogP contribution in [0.4, 0.5) is 5.69 Å². The molecule has 3 rings (SSSR count). The quantitative estimate of drug-likeness (QED) is 0.729. The maximum Gasteiger partial charge on any atom is 0.234 e. The fourth-order valence-electron chi connectivity index (χ4n) is 3.64. The highest BCUT2D eigenvalue weighted by atomic mass is 32.2. The minimum atomic E-state index is -0.000975. The van der Waals surface area contributed by atoms with Crippen LogP contribution in [-0.4, -0.2) is 26.4 Å². The van der Waals surface area contributed by atoms with E-state index in [0.29, 0.717) is 17.7 Å². The number of hydrogen-bond donors (Lipinski definition) is 1. The summed E-state index contributed by atoms with van der Waals surface area (Å²) < 4.78 is 2.24. The van der Waals surface area contributed by atoms with Crippen molar-refractivity contribution in [2.24, 2.45) is 0 Å². The second-order valence-corrected chi connectivity index (χ2v) is 8.21. The van der Waals surface area contributed by atoms with Gasteiger partial charge in [-0.3, -0.25) is 4.79 Å². The third-order valence-corrected chi connectivity index (χ3v) is 5.91. The highest BCUT2D eigenvalue weighted by Crippen LogP contribution is 2.32. The average Bonchev–Trinajstić information content (AvgIpc) is 3.01. The molecule has 26 heavy (non-hydrogen) atoms. The topological polar surface area (TPSA) is 59.8 Å². The highest BCUT2D eigenvalue weighted by molar-refractivity contribution is 7.99. The minimum absolute atomic E-state index is 0.000975. The zero-order valence-corrected chi connectivity index (χ0v) is 16.7. The van der Waals surface area contributed by atoms with Gasteiger partial charge in [0.2, 0.25) is 5.91 Å². The molecule has 5 nitrogen and oxygen atoms in total. The van der Waals surface area contributed by atoms with Crippen LogP contribution in [0.15, 0.2) is 29.4 Å². The summed E-state index contributed by atoms with van der Waals surface area (Å²) in [5.41, 5.74) is 2.06. The van der Waals surface area contributed by atoms with E-state index in [1.54, 1.807) is 0 Å². The molecule has 1 aliphatic rings. The van der Waals surface area contributed by atoms with Crippen LogP contribution in [0, 0.1) is 6.92 Å². The number of carbonyl (C=O) groups excluding carboxylic acids is 1. The van der Waals surface area contributed by atoms with Crippen molar-refractivity contribution in [3.8, 4) is 0 Å². The maximum absolute atomic E-state index is 12.5. The number of aryl methyl sites for hydroxylation is 1. The third-order valence-electron chi connectivity index (χ3n) is 4.96. The van der Waals surface area contributed by atoms with Gasteiger partial charge in [0.05, 0.1) is 5.75 Å². The Hall–Kier alpha value is -1.82. The van der Waals surface area contributed by atoms with E-state index in [4.69, 9.17) is 0 Å². The van der Waals surface area contributed by atoms with Crippen LogP contribution in [0.5, 0.6) is 0 Å². The molecular weight excluding hydrogens is 344 g/mol. The third kappa shape index (κ3) is 4.47. The van der Waals surface area contributed by atoms with Gasteiger partial charge < -0.3 is 9.88 Å². The highest BCUT2D eigenvalue weighted by Gasteiger charge is 2.22. The van der Waals surface area contributed by atoms with Gasteiger partial charge in [0.1, 0.15) is 5.82 Å². The van der Waals surface area contributed by atoms with Crippen LogP contribution < -0.4 is 5.32 Å². The lowest BCUT2D eigenvalue weighted by Gasteiger charge is -2.24. The first-order chi connectivity index (χ1) is 12.6. The summed E-state index contributed by atoms with van der Waals surface area (Å²) in [6, 6.07) is 8.47. The van der Waals surface area contributed by atoms with Gasteiger partial charge in [0, 0.05) is 11.7 Å². The van der Waals surface area contributed by atoms with Gasteiger partial charge in [-0.25, -0.2) is 0 Å². The van der Waals surface area contributed by atoms with E-state index < -0.39 is 0 Å². The summed E-state index contributed by atoms with van der Waals surface area (Å²) in [6.45, 7) is 6.27. The van der Waals surface area contributed by atoms with Gasteiger partial charge >= 0.3 is 0 Å². The lowest BCUT2D eigenvalue weighted by atomic mass is 9.95. The van der Waals surface area contributed by atoms with Gasteiger partial charge in [-0.15, -0.1) is 10.2 Å². The molecule has 0 aliphatic heterocycles. The predicted octanol–water partition coefficient (Wildman–Crippen LogP) is 4.95. The number of carbonyl (C=O) groups is 1. The van der Waals surface area contributed by atoms with Crippen LogP contribution in [0.3, 0.4) is 0 Å². The number of nitrogens with zero attached hydrogens (tertiary/aromatic N) is 3. The minimum Gasteiger partial charge on any atom is -0.325 e. The second-order valence-electron chi connectivity index (χ2n) is 7.27. The van der Waals surface area contributed by atoms with E-state index in [1.807, 2.05) is 25.1 Å². The van der Waals surface area contributed by atoms with Crippen molar-refractivity contribution in [2.45, 2.75) is 70.0 Å². The largest absolute Gasteiger partial charge is 0.325 e. The molecule has 0 radical (unpaired) electrons. The summed E-state index contributed by atoms with van der Waals surface area (Å²) in [7, 11) is 0. The fourth-order valence-corrected chi connectivity index (χ4v) is 4.49. The molecule has 1 aliphatic carbocycles. The van der Waals surface area contributed by atoms with Crippen molar-refractivity contribution in [1.82, 2.24) is 14.8 Å². The molecule has 1 fully saturated rings. The second kappa shape index (κ2) is 8.71. The van der Waals surface area contributed by atoms with Crippen LogP contribution in [0.1, 0.15) is 69.3 Å². The number of amides is 1. The lowest BCUT2D eigenvalue weighted by molar-refractivity contribution is -0.113. The molecule has 0 unspecified atom stereocenters. The van der Waals surface area contributed by atoms with Crippen molar-refractivity contribution in [1.29, 1.82) is 0 Å². The Morgan fingerprint density at radius 1 is 1.23 bits per heavy atom. The zero-order chi connectivity index (χ0) is 18.5. The molecule has 1 amide bonds. The molecule has 0 bridgehead atoms. The molecule has 1 heterocycles. The number of para-hydroxylation sites is 1. The Morgan fingerprint density at radius 3 is 2.69 bits per heavy atom. The number of nitrogens with one attached hydrogen (secondary N) is 1. The number of thioether (sulfide) groups is 1. The average molecular weight is 373 g/mol. The van der Waals surface area contributed by atoms with Gasteiger partial charge in [-0.2, -0.15) is 0 Å². The first-order valence-electron chi connectivity index (χ1n) is 9.49. The molecule has 1 aromatic carbocycles. The van der Waals surface area contributed by atoms with Gasteiger partial charge in [0.25, 0.3) is 0 Å². The number of aromatic nitrogens is 3. The van der Waals surface area contributed by atoms with Crippen molar-refractivity contribution in [3.05, 3.63) is 35.7 Å². The standard InChI is InChI=1S/C20H28N4OS/c1-14(2)17-11-7-8-12-18(17)21-19(25)13-26-20-23-22-15(3)24(20)16-9-5-4-6-10-16/h7-8,11-12,14,16H,4-6,9-10,13H2,1-3H3,(H,21,25). The van der Waals surface area contributed by atoms with E-state index in [-0.39, 0.29) is 5.91 Å². The first-order valence-corrected chi connectivity index (χ1v) is 10.5. The van der Waals surface area contributed by atoms with Crippen LogP contribution in [0.2, 0.25) is 0 Å². The van der Waals surface area contributed by atoms with Crippen LogP contribution in [-0.2, 0) is 4.79 Å². The normalized spacial score (nSPS) is 15.4. The number of rotatable bonds is 6. The maximum atomic E-state index is 12.5. The molecule has 140 valence electrons. The van der Waals surface area contributed by atoms with Gasteiger partial charge in [0.15, 0.2) is 5.16 Å². The fraction of sp³-hybridized carbons (Fsp3) is 0.550. The number of hydrogen-bond acceptors (Lipinski definition) is 4. The van der Waals surface area contributed by atoms with Crippen molar-refractivity contribution >= 4 is 23.4 Å².